The molecule has 0 spiro atoms. The second kappa shape index (κ2) is 7.31. The zero-order valence-corrected chi connectivity index (χ0v) is 17.8. The Bertz CT molecular complexity index is 1370. The maximum Gasteiger partial charge on any atom is 0.247 e. The lowest BCUT2D eigenvalue weighted by Crippen LogP contribution is -2.05. The summed E-state index contributed by atoms with van der Waals surface area (Å²) in [7, 11) is -6.28. The highest BCUT2D eigenvalue weighted by Gasteiger charge is 2.20. The van der Waals surface area contributed by atoms with E-state index in [9.17, 15) is 17.2 Å². The van der Waals surface area contributed by atoms with Crippen molar-refractivity contribution in [3.8, 4) is 11.3 Å². The van der Waals surface area contributed by atoms with Gasteiger partial charge in [0.25, 0.3) is 0 Å². The molecule has 0 aliphatic rings. The van der Waals surface area contributed by atoms with Crippen molar-refractivity contribution < 1.29 is 17.2 Å². The van der Waals surface area contributed by atoms with Crippen LogP contribution in [-0.4, -0.2) is 40.1 Å². The van der Waals surface area contributed by atoms with Gasteiger partial charge in [-0.2, -0.15) is 9.54 Å². The van der Waals surface area contributed by atoms with E-state index in [0.29, 0.717) is 22.2 Å². The van der Waals surface area contributed by atoms with Crippen molar-refractivity contribution in [1.82, 2.24) is 14.6 Å². The highest BCUT2D eigenvalue weighted by Crippen LogP contribution is 2.24. The van der Waals surface area contributed by atoms with Crippen molar-refractivity contribution in [3.63, 3.8) is 0 Å². The van der Waals surface area contributed by atoms with Gasteiger partial charge in [0.2, 0.25) is 16.2 Å². The van der Waals surface area contributed by atoms with E-state index in [1.165, 1.54) is 12.5 Å². The lowest BCUT2D eigenvalue weighted by Gasteiger charge is -2.05. The number of nitrogens with one attached hydrogen (secondary N) is 1. The lowest BCUT2D eigenvalue weighted by atomic mass is 10.1. The number of rotatable bonds is 5. The van der Waals surface area contributed by atoms with Crippen LogP contribution in [0.1, 0.15) is 0 Å². The first-order valence-corrected chi connectivity index (χ1v) is 12.7. The Morgan fingerprint density at radius 1 is 1.00 bits per heavy atom. The zero-order valence-electron chi connectivity index (χ0n) is 16.2. The quantitative estimate of drug-likeness (QED) is 0.454. The van der Waals surface area contributed by atoms with Gasteiger partial charge in [0.15, 0.2) is 20.4 Å². The Balaban J connectivity index is 1.66. The van der Waals surface area contributed by atoms with Crippen molar-refractivity contribution in [3.05, 3.63) is 66.7 Å². The van der Waals surface area contributed by atoms with Crippen molar-refractivity contribution in [2.24, 2.45) is 0 Å². The van der Waals surface area contributed by atoms with Crippen LogP contribution >= 0.6 is 0 Å². The Morgan fingerprint density at radius 3 is 2.27 bits per heavy atom. The summed E-state index contributed by atoms with van der Waals surface area (Å²) in [5, 5.41) is 7.58. The maximum absolute atomic E-state index is 11.7. The minimum absolute atomic E-state index is 0.252. The molecule has 0 amide bonds. The van der Waals surface area contributed by atoms with Crippen LogP contribution in [0.25, 0.3) is 16.9 Å². The number of anilines is 2. The number of benzene rings is 2. The molecular weight excluding hydrogens is 424 g/mol. The fourth-order valence-corrected chi connectivity index (χ4v) is 4.24. The molecular formula is C20H19N4O4S2+. The topological polar surface area (TPSA) is 114 Å². The molecule has 1 unspecified atom stereocenters. The van der Waals surface area contributed by atoms with E-state index in [2.05, 4.69) is 15.4 Å². The second-order valence-corrected chi connectivity index (χ2v) is 11.0. The van der Waals surface area contributed by atoms with Crippen LogP contribution < -0.4 is 5.32 Å². The third-order valence-electron chi connectivity index (χ3n) is 4.49. The molecule has 0 fully saturated rings. The minimum Gasteiger partial charge on any atom is -0.323 e. The van der Waals surface area contributed by atoms with Crippen LogP contribution in [-0.2, 0) is 24.3 Å². The molecule has 8 nitrogen and oxygen atoms in total. The zero-order chi connectivity index (χ0) is 21.5. The molecule has 0 aliphatic heterocycles. The van der Waals surface area contributed by atoms with Crippen molar-refractivity contribution in [2.45, 2.75) is 9.79 Å². The summed E-state index contributed by atoms with van der Waals surface area (Å²) < 4.78 is 46.3. The Hall–Kier alpha value is -3.08. The molecule has 1 atom stereocenters. The predicted octanol–water partition coefficient (Wildman–Crippen LogP) is 3.50. The van der Waals surface area contributed by atoms with Gasteiger partial charge in [0, 0.05) is 17.5 Å². The number of fused-ring (bicyclic) bond motifs is 1. The lowest BCUT2D eigenvalue weighted by molar-refractivity contribution is 0.503. The first-order chi connectivity index (χ1) is 14.1. The molecule has 154 valence electrons. The van der Waals surface area contributed by atoms with E-state index in [1.807, 2.05) is 18.2 Å². The van der Waals surface area contributed by atoms with Gasteiger partial charge in [-0.15, -0.1) is 5.10 Å². The summed E-state index contributed by atoms with van der Waals surface area (Å²) in [6, 6.07) is 18.7. The average Bonchev–Trinajstić information content (AvgIpc) is 3.09. The van der Waals surface area contributed by atoms with Gasteiger partial charge in [0.05, 0.1) is 10.6 Å². The third-order valence-corrected chi connectivity index (χ3v) is 6.76. The van der Waals surface area contributed by atoms with Gasteiger partial charge in [0.1, 0.15) is 6.26 Å². The normalized spacial score (nSPS) is 13.8. The van der Waals surface area contributed by atoms with E-state index >= 15 is 0 Å². The molecule has 4 aromatic rings. The Kier molecular flexibility index (Phi) is 4.92. The Morgan fingerprint density at radius 2 is 1.67 bits per heavy atom. The van der Waals surface area contributed by atoms with Gasteiger partial charge in [-0.25, -0.2) is 12.9 Å². The summed E-state index contributed by atoms with van der Waals surface area (Å²) in [6.07, 6.45) is 2.44. The SMILES string of the molecule is CS(=O)(=O)c1ccc(-c2cccc3nc(Nc4ccc([S+](C)(=O)O)cc4)nn23)cc1. The summed E-state index contributed by atoms with van der Waals surface area (Å²) in [6.45, 7) is 0. The monoisotopic (exact) mass is 443 g/mol. The van der Waals surface area contributed by atoms with Crippen molar-refractivity contribution in [1.29, 1.82) is 0 Å². The minimum atomic E-state index is -3.27. The molecule has 0 saturated carbocycles. The van der Waals surface area contributed by atoms with E-state index in [-0.39, 0.29) is 4.90 Å². The fourth-order valence-electron chi connectivity index (χ4n) is 2.97. The molecule has 30 heavy (non-hydrogen) atoms. The number of hydrogen-bond acceptors (Lipinski definition) is 6. The Labute approximate surface area is 174 Å². The average molecular weight is 444 g/mol. The molecule has 0 aliphatic carbocycles. The van der Waals surface area contributed by atoms with Gasteiger partial charge in [-0.05, 0) is 48.5 Å². The van der Waals surface area contributed by atoms with E-state index in [0.717, 1.165) is 11.3 Å². The van der Waals surface area contributed by atoms with Crippen LogP contribution in [0.15, 0.2) is 76.5 Å². The highest BCUT2D eigenvalue weighted by molar-refractivity contribution is 7.97. The maximum atomic E-state index is 11.7. The van der Waals surface area contributed by atoms with Crippen molar-refractivity contribution in [2.75, 3.05) is 17.8 Å². The molecule has 2 N–H and O–H groups in total. The summed E-state index contributed by atoms with van der Waals surface area (Å²) in [5.74, 6) is 0.365. The predicted molar refractivity (Wildman–Crippen MR) is 116 cm³/mol. The molecule has 0 saturated heterocycles. The standard InChI is InChI=1S/C20H18N4O4S2/c1-29(25,26)16-10-6-14(7-11-16)18-4-3-5-19-22-20(23-24(18)19)21-15-8-12-17(13-9-15)30(2,27)28/h3-13H,1-2H3,(H-,21,23,27,28)/p+1. The molecule has 4 rings (SSSR count). The number of aromatic nitrogens is 3. The number of sulfone groups is 1. The molecule has 0 bridgehead atoms. The molecule has 2 aromatic carbocycles. The van der Waals surface area contributed by atoms with Crippen molar-refractivity contribution >= 4 is 37.3 Å². The molecule has 2 heterocycles. The summed E-state index contributed by atoms with van der Waals surface area (Å²) in [4.78, 5) is 5.06. The van der Waals surface area contributed by atoms with Crippen LogP contribution in [0.3, 0.4) is 0 Å². The third kappa shape index (κ3) is 4.11. The van der Waals surface area contributed by atoms with Gasteiger partial charge in [-0.3, -0.25) is 0 Å². The van der Waals surface area contributed by atoms with Crippen LogP contribution in [0.2, 0.25) is 0 Å². The summed E-state index contributed by atoms with van der Waals surface area (Å²) >= 11 is 0. The molecule has 0 radical (unpaired) electrons. The van der Waals surface area contributed by atoms with Crippen LogP contribution in [0.5, 0.6) is 0 Å². The van der Waals surface area contributed by atoms with E-state index < -0.39 is 20.1 Å². The largest absolute Gasteiger partial charge is 0.323 e. The first kappa shape index (κ1) is 20.2. The molecule has 10 heteroatoms. The summed E-state index contributed by atoms with van der Waals surface area (Å²) in [5.41, 5.74) is 2.85. The van der Waals surface area contributed by atoms with E-state index in [4.69, 9.17) is 0 Å². The van der Waals surface area contributed by atoms with Crippen LogP contribution in [0.4, 0.5) is 11.6 Å². The number of pyridine rings is 1. The van der Waals surface area contributed by atoms with Gasteiger partial charge < -0.3 is 5.32 Å². The second-order valence-electron chi connectivity index (χ2n) is 6.86. The number of nitrogens with zero attached hydrogens (tertiary/aromatic N) is 3. The first-order valence-electron chi connectivity index (χ1n) is 8.86. The van der Waals surface area contributed by atoms with Crippen LogP contribution in [0, 0.1) is 0 Å². The van der Waals surface area contributed by atoms with Gasteiger partial charge in [-0.1, -0.05) is 22.4 Å². The highest BCUT2D eigenvalue weighted by atomic mass is 32.3. The van der Waals surface area contributed by atoms with Gasteiger partial charge >= 0.3 is 0 Å². The fraction of sp³-hybridized carbons (Fsp3) is 0.100. The smallest absolute Gasteiger partial charge is 0.247 e. The number of hydrogen-bond donors (Lipinski definition) is 2. The van der Waals surface area contributed by atoms with E-state index in [1.54, 1.807) is 53.0 Å². The molecule has 2 aromatic heterocycles.